The van der Waals surface area contributed by atoms with E-state index in [0.717, 1.165) is 0 Å². The molecule has 1 unspecified atom stereocenters. The van der Waals surface area contributed by atoms with Crippen molar-refractivity contribution in [2.24, 2.45) is 5.41 Å². The molecule has 0 aliphatic rings. The summed E-state index contributed by atoms with van der Waals surface area (Å²) < 4.78 is 4.99. The summed E-state index contributed by atoms with van der Waals surface area (Å²) in [4.78, 5) is 11.3. The van der Waals surface area contributed by atoms with Crippen LogP contribution in [-0.2, 0) is 4.79 Å². The average Bonchev–Trinajstić information content (AvgIpc) is 2.18. The van der Waals surface area contributed by atoms with E-state index < -0.39 is 17.3 Å². The lowest BCUT2D eigenvalue weighted by molar-refractivity contribution is -0.141. The van der Waals surface area contributed by atoms with Gasteiger partial charge in [0.05, 0.1) is 13.0 Å². The number of ether oxygens (including phenoxy) is 1. The quantitative estimate of drug-likeness (QED) is 0.849. The van der Waals surface area contributed by atoms with Gasteiger partial charge in [-0.25, -0.2) is 0 Å². The van der Waals surface area contributed by atoms with Crippen LogP contribution in [0.5, 0.6) is 11.5 Å². The number of phenolic OH excluding ortho intramolecular Hbond substituents is 1. The van der Waals surface area contributed by atoms with Gasteiger partial charge in [0.15, 0.2) is 11.5 Å². The van der Waals surface area contributed by atoms with Crippen molar-refractivity contribution in [3.8, 4) is 11.5 Å². The third-order valence-electron chi connectivity index (χ3n) is 2.65. The molecule has 94 valence electrons. The van der Waals surface area contributed by atoms with Crippen LogP contribution in [0.3, 0.4) is 0 Å². The van der Waals surface area contributed by atoms with Crippen molar-refractivity contribution in [3.63, 3.8) is 0 Å². The molecule has 0 bridgehead atoms. The van der Waals surface area contributed by atoms with Crippen LogP contribution in [0, 0.1) is 5.41 Å². The molecule has 1 rings (SSSR count). The number of rotatable bonds is 3. The molecule has 17 heavy (non-hydrogen) atoms. The molecule has 1 aromatic carbocycles. The predicted molar refractivity (Wildman–Crippen MR) is 64.5 cm³/mol. The number of aliphatic carboxylic acids is 1. The Labute approximate surface area is 101 Å². The number of phenols is 1. The molecule has 4 heteroatoms. The number of methoxy groups -OCH3 is 1. The number of carbonyl (C=O) groups is 1. The van der Waals surface area contributed by atoms with Gasteiger partial charge in [-0.2, -0.15) is 0 Å². The van der Waals surface area contributed by atoms with Crippen molar-refractivity contribution in [1.29, 1.82) is 0 Å². The molecule has 0 aromatic heterocycles. The molecule has 0 aliphatic heterocycles. The number of carboxylic acid groups (broad SMARTS) is 1. The van der Waals surface area contributed by atoms with Gasteiger partial charge in [0, 0.05) is 0 Å². The molecule has 0 amide bonds. The Kier molecular flexibility index (Phi) is 3.66. The zero-order chi connectivity index (χ0) is 13.2. The highest BCUT2D eigenvalue weighted by atomic mass is 16.5. The number of hydrogen-bond acceptors (Lipinski definition) is 3. The van der Waals surface area contributed by atoms with E-state index in [1.807, 2.05) is 20.8 Å². The van der Waals surface area contributed by atoms with Crippen LogP contribution < -0.4 is 4.74 Å². The second-order valence-corrected chi connectivity index (χ2v) is 5.07. The molecule has 1 atom stereocenters. The minimum absolute atomic E-state index is 0.00861. The van der Waals surface area contributed by atoms with Gasteiger partial charge in [-0.15, -0.1) is 0 Å². The largest absolute Gasteiger partial charge is 0.504 e. The fourth-order valence-corrected chi connectivity index (χ4v) is 1.89. The molecule has 0 saturated heterocycles. The Morgan fingerprint density at radius 3 is 2.35 bits per heavy atom. The second-order valence-electron chi connectivity index (χ2n) is 5.07. The molecule has 2 N–H and O–H groups in total. The van der Waals surface area contributed by atoms with E-state index in [-0.39, 0.29) is 11.5 Å². The fraction of sp³-hybridized carbons (Fsp3) is 0.462. The van der Waals surface area contributed by atoms with Crippen molar-refractivity contribution in [2.45, 2.75) is 26.7 Å². The summed E-state index contributed by atoms with van der Waals surface area (Å²) in [6, 6.07) is 4.64. The van der Waals surface area contributed by atoms with Crippen molar-refractivity contribution >= 4 is 5.97 Å². The predicted octanol–water partition coefficient (Wildman–Crippen LogP) is 2.62. The number of aromatic hydroxyl groups is 1. The first-order chi connectivity index (χ1) is 7.77. The Morgan fingerprint density at radius 1 is 1.35 bits per heavy atom. The number of hydrogen-bond donors (Lipinski definition) is 2. The van der Waals surface area contributed by atoms with Crippen molar-refractivity contribution < 1.29 is 19.7 Å². The summed E-state index contributed by atoms with van der Waals surface area (Å²) in [7, 11) is 1.44. The molecule has 0 heterocycles. The van der Waals surface area contributed by atoms with Gasteiger partial charge in [-0.3, -0.25) is 4.79 Å². The van der Waals surface area contributed by atoms with Gasteiger partial charge in [-0.1, -0.05) is 26.8 Å². The average molecular weight is 238 g/mol. The SMILES string of the molecule is COc1cc(C(C(=O)O)C(C)(C)C)ccc1O. The molecule has 1 aromatic rings. The first-order valence-electron chi connectivity index (χ1n) is 5.37. The standard InChI is InChI=1S/C13H18O4/c1-13(2,3)11(12(15)16)8-5-6-9(14)10(7-8)17-4/h5-7,11,14H,1-4H3,(H,15,16). The monoisotopic (exact) mass is 238 g/mol. The highest BCUT2D eigenvalue weighted by Gasteiger charge is 2.33. The molecule has 0 radical (unpaired) electrons. The number of carboxylic acids is 1. The van der Waals surface area contributed by atoms with Crippen molar-refractivity contribution in [2.75, 3.05) is 7.11 Å². The maximum absolute atomic E-state index is 11.3. The van der Waals surface area contributed by atoms with E-state index in [1.54, 1.807) is 12.1 Å². The minimum atomic E-state index is -0.884. The Bertz CT molecular complexity index is 418. The highest BCUT2D eigenvalue weighted by Crippen LogP contribution is 2.38. The molecule has 0 saturated carbocycles. The Hall–Kier alpha value is -1.71. The fourth-order valence-electron chi connectivity index (χ4n) is 1.89. The maximum Gasteiger partial charge on any atom is 0.311 e. The topological polar surface area (TPSA) is 66.8 Å². The van der Waals surface area contributed by atoms with Gasteiger partial charge >= 0.3 is 5.97 Å². The minimum Gasteiger partial charge on any atom is -0.504 e. The van der Waals surface area contributed by atoms with E-state index in [0.29, 0.717) is 5.56 Å². The van der Waals surface area contributed by atoms with Gasteiger partial charge in [0.1, 0.15) is 0 Å². The van der Waals surface area contributed by atoms with E-state index in [1.165, 1.54) is 13.2 Å². The molecule has 0 aliphatic carbocycles. The van der Waals surface area contributed by atoms with Gasteiger partial charge in [-0.05, 0) is 23.1 Å². The van der Waals surface area contributed by atoms with Crippen molar-refractivity contribution in [1.82, 2.24) is 0 Å². The van der Waals surface area contributed by atoms with Gasteiger partial charge < -0.3 is 14.9 Å². The van der Waals surface area contributed by atoms with Crippen LogP contribution in [-0.4, -0.2) is 23.3 Å². The van der Waals surface area contributed by atoms with Crippen LogP contribution >= 0.6 is 0 Å². The van der Waals surface area contributed by atoms with E-state index in [2.05, 4.69) is 0 Å². The molecule has 0 fully saturated rings. The van der Waals surface area contributed by atoms with E-state index in [9.17, 15) is 15.0 Å². The third-order valence-corrected chi connectivity index (χ3v) is 2.65. The van der Waals surface area contributed by atoms with Crippen LogP contribution in [0.15, 0.2) is 18.2 Å². The van der Waals surface area contributed by atoms with E-state index >= 15 is 0 Å². The molecular formula is C13H18O4. The molecule has 4 nitrogen and oxygen atoms in total. The molecule has 0 spiro atoms. The first-order valence-corrected chi connectivity index (χ1v) is 5.37. The summed E-state index contributed by atoms with van der Waals surface area (Å²) in [5.41, 5.74) is 0.216. The van der Waals surface area contributed by atoms with Crippen LogP contribution in [0.4, 0.5) is 0 Å². The van der Waals surface area contributed by atoms with Crippen LogP contribution in [0.2, 0.25) is 0 Å². The van der Waals surface area contributed by atoms with Gasteiger partial charge in [0.25, 0.3) is 0 Å². The lowest BCUT2D eigenvalue weighted by atomic mass is 9.76. The lowest BCUT2D eigenvalue weighted by Crippen LogP contribution is -2.26. The normalized spacial score (nSPS) is 13.2. The highest BCUT2D eigenvalue weighted by molar-refractivity contribution is 5.77. The summed E-state index contributed by atoms with van der Waals surface area (Å²) in [5, 5.41) is 18.8. The zero-order valence-electron chi connectivity index (χ0n) is 10.5. The van der Waals surface area contributed by atoms with Crippen molar-refractivity contribution in [3.05, 3.63) is 23.8 Å². The maximum atomic E-state index is 11.3. The van der Waals surface area contributed by atoms with E-state index in [4.69, 9.17) is 4.74 Å². The number of benzene rings is 1. The Balaban J connectivity index is 3.25. The summed E-state index contributed by atoms with van der Waals surface area (Å²) >= 11 is 0. The summed E-state index contributed by atoms with van der Waals surface area (Å²) in [6.45, 7) is 5.60. The smallest absolute Gasteiger partial charge is 0.311 e. The summed E-state index contributed by atoms with van der Waals surface area (Å²) in [5.74, 6) is -1.23. The summed E-state index contributed by atoms with van der Waals surface area (Å²) in [6.07, 6.45) is 0. The van der Waals surface area contributed by atoms with Gasteiger partial charge in [0.2, 0.25) is 0 Å². The lowest BCUT2D eigenvalue weighted by Gasteiger charge is -2.27. The first kappa shape index (κ1) is 13.4. The van der Waals surface area contributed by atoms with Crippen LogP contribution in [0.25, 0.3) is 0 Å². The van der Waals surface area contributed by atoms with Crippen LogP contribution in [0.1, 0.15) is 32.3 Å². The third kappa shape index (κ3) is 2.90. The molecular weight excluding hydrogens is 220 g/mol. The zero-order valence-corrected chi connectivity index (χ0v) is 10.5. The second kappa shape index (κ2) is 4.65. The Morgan fingerprint density at radius 2 is 1.94 bits per heavy atom.